The summed E-state index contributed by atoms with van der Waals surface area (Å²) in [6, 6.07) is 8.53. The number of halogens is 1. The van der Waals surface area contributed by atoms with Crippen molar-refractivity contribution in [3.8, 4) is 6.07 Å². The summed E-state index contributed by atoms with van der Waals surface area (Å²) >= 11 is 5.63. The average Bonchev–Trinajstić information content (AvgIpc) is 2.10. The molecule has 3 heteroatoms. The SMILES string of the molecule is N#C[C@H](C=O)c1ccc(Cl)cc1. The van der Waals surface area contributed by atoms with Crippen LogP contribution in [0.1, 0.15) is 11.5 Å². The second kappa shape index (κ2) is 3.89. The van der Waals surface area contributed by atoms with Gasteiger partial charge in [0.05, 0.1) is 6.07 Å². The number of carbonyl (C=O) groups excluding carboxylic acids is 1. The smallest absolute Gasteiger partial charge is 0.141 e. The van der Waals surface area contributed by atoms with Gasteiger partial charge in [-0.2, -0.15) is 5.26 Å². The van der Waals surface area contributed by atoms with Crippen LogP contribution in [0.5, 0.6) is 0 Å². The zero-order valence-electron chi connectivity index (χ0n) is 6.20. The fraction of sp³-hybridized carbons (Fsp3) is 0.111. The molecule has 1 aromatic carbocycles. The number of hydrogen-bond acceptors (Lipinski definition) is 2. The summed E-state index contributed by atoms with van der Waals surface area (Å²) in [7, 11) is 0. The molecular formula is C9H6ClNO. The van der Waals surface area contributed by atoms with Gasteiger partial charge in [-0.15, -0.1) is 0 Å². The van der Waals surface area contributed by atoms with Crippen molar-refractivity contribution in [2.24, 2.45) is 0 Å². The second-order valence-electron chi connectivity index (χ2n) is 2.29. The number of nitrogens with zero attached hydrogens (tertiary/aromatic N) is 1. The van der Waals surface area contributed by atoms with E-state index in [0.717, 1.165) is 0 Å². The number of benzene rings is 1. The standard InChI is InChI=1S/C9H6ClNO/c10-9-3-1-7(2-4-9)8(5-11)6-12/h1-4,6,8H/t8-/m1/s1. The monoisotopic (exact) mass is 179 g/mol. The second-order valence-corrected chi connectivity index (χ2v) is 2.73. The number of carbonyl (C=O) groups is 1. The average molecular weight is 180 g/mol. The Morgan fingerprint density at radius 2 is 2.00 bits per heavy atom. The van der Waals surface area contributed by atoms with Gasteiger partial charge in [0.2, 0.25) is 0 Å². The fourth-order valence-corrected chi connectivity index (χ4v) is 0.980. The van der Waals surface area contributed by atoms with Crippen LogP contribution in [0.15, 0.2) is 24.3 Å². The quantitative estimate of drug-likeness (QED) is 0.653. The first-order valence-electron chi connectivity index (χ1n) is 3.38. The molecule has 0 aliphatic rings. The zero-order chi connectivity index (χ0) is 8.97. The number of hydrogen-bond donors (Lipinski definition) is 0. The molecule has 0 N–H and O–H groups in total. The lowest BCUT2D eigenvalue weighted by molar-refractivity contribution is -0.108. The minimum Gasteiger partial charge on any atom is -0.302 e. The van der Waals surface area contributed by atoms with Crippen molar-refractivity contribution in [3.63, 3.8) is 0 Å². The van der Waals surface area contributed by atoms with E-state index in [1.54, 1.807) is 24.3 Å². The van der Waals surface area contributed by atoms with Gasteiger partial charge in [-0.25, -0.2) is 0 Å². The van der Waals surface area contributed by atoms with Gasteiger partial charge in [-0.05, 0) is 17.7 Å². The molecule has 1 rings (SSSR count). The van der Waals surface area contributed by atoms with E-state index >= 15 is 0 Å². The Kier molecular flexibility index (Phi) is 2.84. The first-order valence-corrected chi connectivity index (χ1v) is 3.76. The summed E-state index contributed by atoms with van der Waals surface area (Å²) in [4.78, 5) is 10.4. The third-order valence-electron chi connectivity index (χ3n) is 1.50. The molecule has 0 aliphatic heterocycles. The lowest BCUT2D eigenvalue weighted by atomic mass is 10.0. The van der Waals surface area contributed by atoms with E-state index in [2.05, 4.69) is 0 Å². The highest BCUT2D eigenvalue weighted by Crippen LogP contribution is 2.15. The van der Waals surface area contributed by atoms with Gasteiger partial charge in [0.15, 0.2) is 0 Å². The van der Waals surface area contributed by atoms with E-state index in [0.29, 0.717) is 16.9 Å². The molecule has 1 aromatic rings. The Morgan fingerprint density at radius 1 is 1.42 bits per heavy atom. The van der Waals surface area contributed by atoms with E-state index in [-0.39, 0.29) is 0 Å². The lowest BCUT2D eigenvalue weighted by Crippen LogP contribution is -1.95. The largest absolute Gasteiger partial charge is 0.302 e. The van der Waals surface area contributed by atoms with Crippen molar-refractivity contribution < 1.29 is 4.79 Å². The van der Waals surface area contributed by atoms with Crippen LogP contribution in [-0.4, -0.2) is 6.29 Å². The normalized spacial score (nSPS) is 11.7. The molecule has 0 unspecified atom stereocenters. The summed E-state index contributed by atoms with van der Waals surface area (Å²) < 4.78 is 0. The van der Waals surface area contributed by atoms with Gasteiger partial charge >= 0.3 is 0 Å². The highest BCUT2D eigenvalue weighted by Gasteiger charge is 2.07. The molecule has 0 amide bonds. The molecule has 0 saturated carbocycles. The van der Waals surface area contributed by atoms with Crippen molar-refractivity contribution in [1.82, 2.24) is 0 Å². The van der Waals surface area contributed by atoms with Crippen molar-refractivity contribution in [1.29, 1.82) is 5.26 Å². The maximum atomic E-state index is 10.4. The molecule has 0 bridgehead atoms. The third-order valence-corrected chi connectivity index (χ3v) is 1.76. The van der Waals surface area contributed by atoms with E-state index < -0.39 is 5.92 Å². The zero-order valence-corrected chi connectivity index (χ0v) is 6.95. The minimum atomic E-state index is -0.678. The molecule has 0 spiro atoms. The molecule has 0 aliphatic carbocycles. The number of aldehydes is 1. The van der Waals surface area contributed by atoms with E-state index in [1.165, 1.54) is 0 Å². The molecule has 60 valence electrons. The van der Waals surface area contributed by atoms with Crippen LogP contribution in [0.3, 0.4) is 0 Å². The van der Waals surface area contributed by atoms with Crippen molar-refractivity contribution >= 4 is 17.9 Å². The van der Waals surface area contributed by atoms with E-state index in [1.807, 2.05) is 6.07 Å². The summed E-state index contributed by atoms with van der Waals surface area (Å²) in [6.45, 7) is 0. The molecule has 0 fully saturated rings. The van der Waals surface area contributed by atoms with Crippen LogP contribution in [0.25, 0.3) is 0 Å². The van der Waals surface area contributed by atoms with Gasteiger partial charge < -0.3 is 4.79 Å². The van der Waals surface area contributed by atoms with E-state index in [9.17, 15) is 4.79 Å². The molecule has 0 heterocycles. The molecule has 2 nitrogen and oxygen atoms in total. The summed E-state index contributed by atoms with van der Waals surface area (Å²) in [5.74, 6) is -0.678. The summed E-state index contributed by atoms with van der Waals surface area (Å²) in [5.41, 5.74) is 0.678. The Bertz CT molecular complexity index is 312. The van der Waals surface area contributed by atoms with Crippen LogP contribution >= 0.6 is 11.6 Å². The topological polar surface area (TPSA) is 40.9 Å². The Balaban J connectivity index is 2.97. The number of rotatable bonds is 2. The maximum Gasteiger partial charge on any atom is 0.141 e. The minimum absolute atomic E-state index is 0.598. The predicted molar refractivity (Wildman–Crippen MR) is 45.9 cm³/mol. The third kappa shape index (κ3) is 1.84. The molecule has 0 saturated heterocycles. The van der Waals surface area contributed by atoms with Crippen LogP contribution in [-0.2, 0) is 4.79 Å². The molecule has 12 heavy (non-hydrogen) atoms. The van der Waals surface area contributed by atoms with Crippen LogP contribution in [0.4, 0.5) is 0 Å². The Labute approximate surface area is 75.4 Å². The number of nitriles is 1. The molecule has 0 aromatic heterocycles. The highest BCUT2D eigenvalue weighted by atomic mass is 35.5. The van der Waals surface area contributed by atoms with Crippen molar-refractivity contribution in [2.75, 3.05) is 0 Å². The lowest BCUT2D eigenvalue weighted by Gasteiger charge is -1.99. The van der Waals surface area contributed by atoms with Crippen LogP contribution in [0.2, 0.25) is 5.02 Å². The molecular weight excluding hydrogens is 174 g/mol. The first kappa shape index (κ1) is 8.76. The van der Waals surface area contributed by atoms with Crippen molar-refractivity contribution in [2.45, 2.75) is 5.92 Å². The van der Waals surface area contributed by atoms with Gasteiger partial charge in [0.25, 0.3) is 0 Å². The van der Waals surface area contributed by atoms with E-state index in [4.69, 9.17) is 16.9 Å². The van der Waals surface area contributed by atoms with Gasteiger partial charge in [-0.1, -0.05) is 23.7 Å². The summed E-state index contributed by atoms with van der Waals surface area (Å²) in [5, 5.41) is 9.13. The Morgan fingerprint density at radius 3 is 2.42 bits per heavy atom. The maximum absolute atomic E-state index is 10.4. The molecule has 1 atom stereocenters. The predicted octanol–water partition coefficient (Wildman–Crippen LogP) is 2.15. The van der Waals surface area contributed by atoms with Gasteiger partial charge in [-0.3, -0.25) is 0 Å². The van der Waals surface area contributed by atoms with Crippen molar-refractivity contribution in [3.05, 3.63) is 34.9 Å². The first-order chi connectivity index (χ1) is 5.77. The van der Waals surface area contributed by atoms with Crippen LogP contribution < -0.4 is 0 Å². The fourth-order valence-electron chi connectivity index (χ4n) is 0.854. The summed E-state index contributed by atoms with van der Waals surface area (Å²) in [6.07, 6.45) is 0.614. The van der Waals surface area contributed by atoms with Crippen LogP contribution in [0, 0.1) is 11.3 Å². The Hall–Kier alpha value is -1.33. The van der Waals surface area contributed by atoms with Gasteiger partial charge in [0.1, 0.15) is 12.2 Å². The molecule has 0 radical (unpaired) electrons. The highest BCUT2D eigenvalue weighted by molar-refractivity contribution is 6.30. The van der Waals surface area contributed by atoms with Gasteiger partial charge in [0, 0.05) is 5.02 Å².